The van der Waals surface area contributed by atoms with Crippen LogP contribution in [0.4, 0.5) is 0 Å². The van der Waals surface area contributed by atoms with Crippen LogP contribution in [0.1, 0.15) is 17.0 Å². The number of hydroxylamine groups is 1. The molecule has 0 fully saturated rings. The number of nitrogens with zero attached hydrogens (tertiary/aromatic N) is 1. The molecule has 0 aliphatic heterocycles. The molecule has 0 bridgehead atoms. The average molecular weight is 166 g/mol. The van der Waals surface area contributed by atoms with E-state index in [0.717, 1.165) is 11.4 Å². The van der Waals surface area contributed by atoms with E-state index in [4.69, 9.17) is 4.84 Å². The molecule has 3 heteroatoms. The summed E-state index contributed by atoms with van der Waals surface area (Å²) >= 11 is 0. The van der Waals surface area contributed by atoms with E-state index >= 15 is 0 Å². The predicted molar refractivity (Wildman–Crippen MR) is 47.6 cm³/mol. The summed E-state index contributed by atoms with van der Waals surface area (Å²) in [6.07, 6.45) is 0. The van der Waals surface area contributed by atoms with Crippen LogP contribution >= 0.6 is 0 Å². The van der Waals surface area contributed by atoms with Gasteiger partial charge in [0.15, 0.2) is 0 Å². The van der Waals surface area contributed by atoms with Crippen LogP contribution in [0.15, 0.2) is 12.1 Å². The lowest BCUT2D eigenvalue weighted by molar-refractivity contribution is 0.0865. The zero-order valence-corrected chi connectivity index (χ0v) is 7.72. The Bertz CT molecular complexity index is 261. The van der Waals surface area contributed by atoms with E-state index in [2.05, 4.69) is 16.5 Å². The minimum Gasteiger partial charge on any atom is -0.305 e. The molecular formula is C9H14N2O. The van der Waals surface area contributed by atoms with Crippen LogP contribution in [0, 0.1) is 13.8 Å². The third-order valence-electron chi connectivity index (χ3n) is 1.74. The number of nitrogens with one attached hydrogen (secondary N) is 1. The molecule has 1 heterocycles. The van der Waals surface area contributed by atoms with Crippen LogP contribution in [0.5, 0.6) is 0 Å². The summed E-state index contributed by atoms with van der Waals surface area (Å²) in [5.74, 6) is 0. The molecule has 1 aromatic rings. The summed E-state index contributed by atoms with van der Waals surface area (Å²) in [5.41, 5.74) is 6.06. The molecule has 1 N–H and O–H groups in total. The molecule has 1 rings (SSSR count). The molecule has 0 saturated carbocycles. The molecule has 12 heavy (non-hydrogen) atoms. The molecule has 1 aromatic heterocycles. The highest BCUT2D eigenvalue weighted by atomic mass is 16.6. The predicted octanol–water partition coefficient (Wildman–Crippen LogP) is 1.35. The molecule has 0 aliphatic carbocycles. The van der Waals surface area contributed by atoms with Crippen LogP contribution < -0.4 is 5.48 Å². The number of pyridine rings is 1. The molecule has 66 valence electrons. The summed E-state index contributed by atoms with van der Waals surface area (Å²) in [5, 5.41) is 0. The van der Waals surface area contributed by atoms with Gasteiger partial charge in [0.05, 0.1) is 7.11 Å². The number of aromatic nitrogens is 1. The summed E-state index contributed by atoms with van der Waals surface area (Å²) in [7, 11) is 1.61. The van der Waals surface area contributed by atoms with Gasteiger partial charge in [0.2, 0.25) is 0 Å². The minimum absolute atomic E-state index is 0.704. The molecule has 0 spiro atoms. The van der Waals surface area contributed by atoms with Crippen molar-refractivity contribution in [2.75, 3.05) is 7.11 Å². The second-order valence-electron chi connectivity index (χ2n) is 2.72. The molecular weight excluding hydrogens is 152 g/mol. The van der Waals surface area contributed by atoms with Crippen molar-refractivity contribution >= 4 is 0 Å². The SMILES string of the molecule is CONCc1ccc(C)nc1C. The van der Waals surface area contributed by atoms with E-state index in [1.54, 1.807) is 7.11 Å². The van der Waals surface area contributed by atoms with Gasteiger partial charge >= 0.3 is 0 Å². The maximum Gasteiger partial charge on any atom is 0.0572 e. The van der Waals surface area contributed by atoms with Crippen molar-refractivity contribution in [2.24, 2.45) is 0 Å². The lowest BCUT2D eigenvalue weighted by Gasteiger charge is -2.05. The van der Waals surface area contributed by atoms with Crippen molar-refractivity contribution in [1.82, 2.24) is 10.5 Å². The summed E-state index contributed by atoms with van der Waals surface area (Å²) < 4.78 is 0. The van der Waals surface area contributed by atoms with E-state index in [-0.39, 0.29) is 0 Å². The molecule has 0 amide bonds. The van der Waals surface area contributed by atoms with Gasteiger partial charge in [0.1, 0.15) is 0 Å². The van der Waals surface area contributed by atoms with Gasteiger partial charge in [-0.25, -0.2) is 0 Å². The van der Waals surface area contributed by atoms with Crippen molar-refractivity contribution in [3.05, 3.63) is 29.1 Å². The molecule has 0 aromatic carbocycles. The first-order valence-electron chi connectivity index (χ1n) is 3.93. The Labute approximate surface area is 72.7 Å². The Kier molecular flexibility index (Phi) is 3.19. The van der Waals surface area contributed by atoms with Gasteiger partial charge in [0.25, 0.3) is 0 Å². The quantitative estimate of drug-likeness (QED) is 0.688. The highest BCUT2D eigenvalue weighted by molar-refractivity contribution is 5.21. The number of hydrogen-bond donors (Lipinski definition) is 1. The van der Waals surface area contributed by atoms with Gasteiger partial charge in [-0.3, -0.25) is 4.98 Å². The summed E-state index contributed by atoms with van der Waals surface area (Å²) in [6, 6.07) is 4.06. The van der Waals surface area contributed by atoms with E-state index < -0.39 is 0 Å². The monoisotopic (exact) mass is 166 g/mol. The van der Waals surface area contributed by atoms with Gasteiger partial charge < -0.3 is 4.84 Å². The van der Waals surface area contributed by atoms with E-state index in [9.17, 15) is 0 Å². The fraction of sp³-hybridized carbons (Fsp3) is 0.444. The fourth-order valence-electron chi connectivity index (χ4n) is 1.05. The van der Waals surface area contributed by atoms with Crippen molar-refractivity contribution < 1.29 is 4.84 Å². The summed E-state index contributed by atoms with van der Waals surface area (Å²) in [4.78, 5) is 9.08. The topological polar surface area (TPSA) is 34.1 Å². The molecule has 0 unspecified atom stereocenters. The second-order valence-corrected chi connectivity index (χ2v) is 2.72. The molecule has 0 aliphatic rings. The zero-order chi connectivity index (χ0) is 8.97. The van der Waals surface area contributed by atoms with Gasteiger partial charge in [-0.05, 0) is 25.5 Å². The molecule has 3 nitrogen and oxygen atoms in total. The Morgan fingerprint density at radius 1 is 1.42 bits per heavy atom. The van der Waals surface area contributed by atoms with Crippen LogP contribution in [0.3, 0.4) is 0 Å². The van der Waals surface area contributed by atoms with Gasteiger partial charge in [0, 0.05) is 17.9 Å². The average Bonchev–Trinajstić information content (AvgIpc) is 2.03. The normalized spacial score (nSPS) is 10.2. The van der Waals surface area contributed by atoms with Gasteiger partial charge in [-0.2, -0.15) is 5.48 Å². The Morgan fingerprint density at radius 2 is 2.17 bits per heavy atom. The fourth-order valence-corrected chi connectivity index (χ4v) is 1.05. The van der Waals surface area contributed by atoms with E-state index in [0.29, 0.717) is 6.54 Å². The van der Waals surface area contributed by atoms with Crippen LogP contribution in [0.25, 0.3) is 0 Å². The van der Waals surface area contributed by atoms with Crippen LogP contribution in [-0.2, 0) is 11.4 Å². The maximum atomic E-state index is 4.75. The zero-order valence-electron chi connectivity index (χ0n) is 7.72. The number of aryl methyl sites for hydroxylation is 2. The first kappa shape index (κ1) is 9.16. The third kappa shape index (κ3) is 2.29. The Hall–Kier alpha value is -0.930. The first-order valence-corrected chi connectivity index (χ1v) is 3.93. The first-order chi connectivity index (χ1) is 5.74. The summed E-state index contributed by atoms with van der Waals surface area (Å²) in [6.45, 7) is 4.69. The lowest BCUT2D eigenvalue weighted by Crippen LogP contribution is -2.12. The molecule has 0 radical (unpaired) electrons. The van der Waals surface area contributed by atoms with Gasteiger partial charge in [-0.1, -0.05) is 6.07 Å². The minimum atomic E-state index is 0.704. The Balaban J connectivity index is 2.72. The molecule has 0 saturated heterocycles. The van der Waals surface area contributed by atoms with E-state index in [1.807, 2.05) is 19.9 Å². The smallest absolute Gasteiger partial charge is 0.0572 e. The van der Waals surface area contributed by atoms with E-state index in [1.165, 1.54) is 5.56 Å². The Morgan fingerprint density at radius 3 is 2.75 bits per heavy atom. The lowest BCUT2D eigenvalue weighted by atomic mass is 10.2. The number of hydrogen-bond acceptors (Lipinski definition) is 3. The largest absolute Gasteiger partial charge is 0.305 e. The third-order valence-corrected chi connectivity index (χ3v) is 1.74. The van der Waals surface area contributed by atoms with Crippen molar-refractivity contribution in [3.63, 3.8) is 0 Å². The van der Waals surface area contributed by atoms with Crippen molar-refractivity contribution in [1.29, 1.82) is 0 Å². The highest BCUT2D eigenvalue weighted by Crippen LogP contribution is 2.05. The standard InChI is InChI=1S/C9H14N2O/c1-7-4-5-9(6-10-12-3)8(2)11-7/h4-5,10H,6H2,1-3H3. The number of rotatable bonds is 3. The second kappa shape index (κ2) is 4.18. The van der Waals surface area contributed by atoms with Crippen molar-refractivity contribution in [3.8, 4) is 0 Å². The maximum absolute atomic E-state index is 4.75. The van der Waals surface area contributed by atoms with Crippen LogP contribution in [0.2, 0.25) is 0 Å². The van der Waals surface area contributed by atoms with Crippen LogP contribution in [-0.4, -0.2) is 12.1 Å². The molecule has 0 atom stereocenters. The van der Waals surface area contributed by atoms with Crippen molar-refractivity contribution in [2.45, 2.75) is 20.4 Å². The van der Waals surface area contributed by atoms with Gasteiger partial charge in [-0.15, -0.1) is 0 Å². The highest BCUT2D eigenvalue weighted by Gasteiger charge is 1.98.